The molecule has 3 aromatic rings. The number of nitrogens with one attached hydrogen (secondary N) is 1. The van der Waals surface area contributed by atoms with Crippen molar-refractivity contribution in [2.45, 2.75) is 110 Å². The van der Waals surface area contributed by atoms with E-state index in [1.807, 2.05) is 0 Å². The molecule has 1 fully saturated rings. The minimum absolute atomic E-state index is 0.0369. The lowest BCUT2D eigenvalue weighted by molar-refractivity contribution is -0.341. The lowest BCUT2D eigenvalue weighted by Crippen LogP contribution is -2.68. The summed E-state index contributed by atoms with van der Waals surface area (Å²) in [5.41, 5.74) is -9.69. The molecule has 3 atom stereocenters. The van der Waals surface area contributed by atoms with E-state index >= 15 is 0 Å². The van der Waals surface area contributed by atoms with Gasteiger partial charge in [0.25, 0.3) is 0 Å². The summed E-state index contributed by atoms with van der Waals surface area (Å²) in [6.45, 7) is 10.3. The van der Waals surface area contributed by atoms with E-state index in [0.717, 1.165) is 33.3 Å². The molecule has 0 spiro atoms. The van der Waals surface area contributed by atoms with E-state index in [1.54, 1.807) is 27.7 Å². The summed E-state index contributed by atoms with van der Waals surface area (Å²) in [5.74, 6) is -2.19. The van der Waals surface area contributed by atoms with E-state index in [9.17, 15) is 42.8 Å². The number of morpholine rings is 1. The fourth-order valence-corrected chi connectivity index (χ4v) is 7.06. The van der Waals surface area contributed by atoms with Crippen LogP contribution in [0.1, 0.15) is 96.5 Å². The number of alkyl halides is 6. The van der Waals surface area contributed by atoms with Crippen LogP contribution < -0.4 is 5.69 Å². The number of rotatable bonds is 10. The summed E-state index contributed by atoms with van der Waals surface area (Å²) in [6.07, 6.45) is -12.1. The minimum Gasteiger partial charge on any atom is -0.343 e. The lowest BCUT2D eigenvalue weighted by Gasteiger charge is -2.59. The van der Waals surface area contributed by atoms with E-state index in [-0.39, 0.29) is 17.2 Å². The molecule has 1 aromatic heterocycles. The molecule has 0 radical (unpaired) electrons. The molecule has 1 N–H and O–H groups in total. The fourth-order valence-electron chi connectivity index (χ4n) is 6.13. The predicted octanol–water partition coefficient (Wildman–Crippen LogP) is 8.66. The van der Waals surface area contributed by atoms with Crippen molar-refractivity contribution in [1.82, 2.24) is 19.4 Å². The Morgan fingerprint density at radius 3 is 2.10 bits per heavy atom. The highest BCUT2D eigenvalue weighted by molar-refractivity contribution is 7.51. The number of benzene rings is 2. The zero-order valence-corrected chi connectivity index (χ0v) is 31.4. The van der Waals surface area contributed by atoms with Gasteiger partial charge in [0.15, 0.2) is 6.29 Å². The largest absolute Gasteiger partial charge is 0.459 e. The van der Waals surface area contributed by atoms with Gasteiger partial charge in [-0.2, -0.15) is 26.3 Å². The molecule has 2 aromatic carbocycles. The Bertz CT molecular complexity index is 1990. The molecule has 0 aliphatic carbocycles. The van der Waals surface area contributed by atoms with Gasteiger partial charge < -0.3 is 9.47 Å². The number of hydrogen-bond acceptors (Lipinski definition) is 8. The molecule has 0 unspecified atom stereocenters. The van der Waals surface area contributed by atoms with Crippen LogP contribution in [0.25, 0.3) is 0 Å². The maximum Gasteiger partial charge on any atom is 0.459 e. The van der Waals surface area contributed by atoms with Gasteiger partial charge in [-0.25, -0.2) is 13.8 Å². The van der Waals surface area contributed by atoms with Crippen molar-refractivity contribution < 1.29 is 56.6 Å². The Morgan fingerprint density at radius 1 is 1.02 bits per heavy atom. The SMILES string of the molecule is [2H]C([2H])(c1nn(P(=O)(OC)OC)c(=O)[nH]1)N1[C@@H](c2ccc(F)cc2C)[C@@H](O[C@@](C)(c2cc(C(F)(F)F)cc(C(F)(F)F)c2C)C(C)C)OC(C)(C)C1(C)C. The van der Waals surface area contributed by atoms with Crippen LogP contribution in [0, 0.1) is 25.6 Å². The highest BCUT2D eigenvalue weighted by atomic mass is 31.2. The normalized spacial score (nSPS) is 21.9. The van der Waals surface area contributed by atoms with Gasteiger partial charge >= 0.3 is 25.8 Å². The van der Waals surface area contributed by atoms with E-state index in [2.05, 4.69) is 10.1 Å². The van der Waals surface area contributed by atoms with Gasteiger partial charge in [0.05, 0.1) is 37.6 Å². The molecule has 1 aliphatic rings. The van der Waals surface area contributed by atoms with Crippen molar-refractivity contribution in [3.05, 3.63) is 85.8 Å². The van der Waals surface area contributed by atoms with Gasteiger partial charge in [-0.3, -0.25) is 18.9 Å². The number of H-pyrrole nitrogens is 1. The van der Waals surface area contributed by atoms with Crippen molar-refractivity contribution in [3.63, 3.8) is 0 Å². The van der Waals surface area contributed by atoms with Crippen LogP contribution >= 0.6 is 7.75 Å². The van der Waals surface area contributed by atoms with Crippen LogP contribution in [0.3, 0.4) is 0 Å². The number of aryl methyl sites for hydroxylation is 1. The summed E-state index contributed by atoms with van der Waals surface area (Å²) >= 11 is 0. The third-order valence-corrected chi connectivity index (χ3v) is 11.8. The highest BCUT2D eigenvalue weighted by Crippen LogP contribution is 2.52. The van der Waals surface area contributed by atoms with Crippen molar-refractivity contribution >= 4 is 7.75 Å². The van der Waals surface area contributed by atoms with Crippen molar-refractivity contribution in [1.29, 1.82) is 0 Å². The van der Waals surface area contributed by atoms with Crippen molar-refractivity contribution in [2.24, 2.45) is 5.92 Å². The third-order valence-electron chi connectivity index (χ3n) is 10.1. The van der Waals surface area contributed by atoms with Crippen LogP contribution in [0.2, 0.25) is 0 Å². The Morgan fingerprint density at radius 2 is 1.60 bits per heavy atom. The smallest absolute Gasteiger partial charge is 0.343 e. The van der Waals surface area contributed by atoms with Gasteiger partial charge in [0.1, 0.15) is 11.6 Å². The predicted molar refractivity (Wildman–Crippen MR) is 177 cm³/mol. The standard InChI is InChI=1S/C34H44F7N4O6P/c1-18(2)32(9,24-15-21(33(36,37)38)16-25(20(24)4)34(39,40)41)51-28-27(23-13-12-22(35)14-19(23)3)44(30(5,6)31(7,8)50-28)17-26-42-29(46)45(43-26)52(47,48-10)49-11/h12-16,18,27-28H,17H2,1-11H3,(H,42,43,46)/t27-,28+,32+/m0/s1/i17D2. The first kappa shape index (κ1) is 38.6. The van der Waals surface area contributed by atoms with Gasteiger partial charge in [-0.15, -0.1) is 9.55 Å². The van der Waals surface area contributed by atoms with E-state index in [0.29, 0.717) is 10.5 Å². The second-order valence-corrected chi connectivity index (χ2v) is 16.1. The number of aromatic amines is 1. The summed E-state index contributed by atoms with van der Waals surface area (Å²) in [6, 6.07) is 2.71. The van der Waals surface area contributed by atoms with Gasteiger partial charge in [0.2, 0.25) is 0 Å². The Kier molecular flexibility index (Phi) is 10.4. The number of nitrogens with zero attached hydrogens (tertiary/aromatic N) is 3. The molecule has 290 valence electrons. The van der Waals surface area contributed by atoms with E-state index < -0.39 is 101 Å². The van der Waals surface area contributed by atoms with Crippen LogP contribution in [0.4, 0.5) is 30.7 Å². The second-order valence-electron chi connectivity index (χ2n) is 14.1. The Labute approximate surface area is 300 Å². The molecular weight excluding hydrogens is 724 g/mol. The zero-order chi connectivity index (χ0) is 41.4. The molecule has 0 amide bonds. The zero-order valence-electron chi connectivity index (χ0n) is 32.5. The van der Waals surface area contributed by atoms with Gasteiger partial charge in [0, 0.05) is 19.8 Å². The van der Waals surface area contributed by atoms with E-state index in [1.165, 1.54) is 38.7 Å². The van der Waals surface area contributed by atoms with Gasteiger partial charge in [-0.05, 0) is 101 Å². The summed E-state index contributed by atoms with van der Waals surface area (Å²) in [5, 5.41) is 3.96. The fraction of sp³-hybridized carbons (Fsp3) is 0.588. The van der Waals surface area contributed by atoms with Crippen LogP contribution in [-0.4, -0.2) is 51.1 Å². The monoisotopic (exact) mass is 770 g/mol. The van der Waals surface area contributed by atoms with E-state index in [4.69, 9.17) is 18.5 Å². The molecule has 2 heterocycles. The molecule has 1 saturated heterocycles. The molecular formula is C34H44F7N4O6P. The third kappa shape index (κ3) is 7.49. The Hall–Kier alpha value is -3.08. The Balaban J connectivity index is 2.08. The number of aromatic nitrogens is 3. The summed E-state index contributed by atoms with van der Waals surface area (Å²) < 4.78 is 156. The first-order valence-corrected chi connectivity index (χ1v) is 17.5. The summed E-state index contributed by atoms with van der Waals surface area (Å²) in [7, 11) is -2.43. The van der Waals surface area contributed by atoms with Crippen LogP contribution in [-0.2, 0) is 47.5 Å². The maximum atomic E-state index is 14.6. The highest BCUT2D eigenvalue weighted by Gasteiger charge is 2.57. The minimum atomic E-state index is -5.18. The number of halogens is 7. The lowest BCUT2D eigenvalue weighted by atomic mass is 9.78. The first-order valence-electron chi connectivity index (χ1n) is 17.0. The average molecular weight is 771 g/mol. The second kappa shape index (κ2) is 14.0. The average Bonchev–Trinajstić information content (AvgIpc) is 3.44. The number of hydrogen-bond donors (Lipinski definition) is 1. The summed E-state index contributed by atoms with van der Waals surface area (Å²) in [4.78, 5) is 16.5. The maximum absolute atomic E-state index is 14.6. The van der Waals surface area contributed by atoms with Gasteiger partial charge in [-0.1, -0.05) is 19.9 Å². The van der Waals surface area contributed by atoms with Crippen molar-refractivity contribution in [2.75, 3.05) is 14.2 Å². The first-order chi connectivity index (χ1) is 24.4. The van der Waals surface area contributed by atoms with Crippen LogP contribution in [0.5, 0.6) is 0 Å². The molecule has 0 saturated carbocycles. The topological polar surface area (TPSA) is 108 Å². The molecule has 18 heteroatoms. The molecule has 1 aliphatic heterocycles. The molecule has 0 bridgehead atoms. The molecule has 4 rings (SSSR count). The van der Waals surface area contributed by atoms with Crippen LogP contribution in [0.15, 0.2) is 35.1 Å². The molecule has 10 nitrogen and oxygen atoms in total. The van der Waals surface area contributed by atoms with Crippen molar-refractivity contribution in [3.8, 4) is 0 Å². The molecule has 52 heavy (non-hydrogen) atoms. The number of ether oxygens (including phenoxy) is 2. The quantitative estimate of drug-likeness (QED) is 0.161.